The van der Waals surface area contributed by atoms with Crippen LogP contribution in [0, 0.1) is 0 Å². The summed E-state index contributed by atoms with van der Waals surface area (Å²) >= 11 is 1.70. The van der Waals surface area contributed by atoms with Gasteiger partial charge in [0.25, 0.3) is 5.56 Å². The van der Waals surface area contributed by atoms with Crippen molar-refractivity contribution in [1.82, 2.24) is 9.88 Å². The number of carbonyl (C=O) groups excluding carboxylic acids is 1. The molecule has 2 fully saturated rings. The number of aromatic nitrogens is 1. The number of amides is 1. The Labute approximate surface area is 163 Å². The van der Waals surface area contributed by atoms with Gasteiger partial charge in [0.2, 0.25) is 5.91 Å². The van der Waals surface area contributed by atoms with Crippen LogP contribution >= 0.6 is 11.8 Å². The van der Waals surface area contributed by atoms with Crippen molar-refractivity contribution in [1.29, 1.82) is 0 Å². The van der Waals surface area contributed by atoms with E-state index in [-0.39, 0.29) is 17.5 Å². The highest BCUT2D eigenvalue weighted by Crippen LogP contribution is 2.38. The van der Waals surface area contributed by atoms with E-state index >= 15 is 0 Å². The molecule has 1 aliphatic heterocycles. The molecule has 0 radical (unpaired) electrons. The minimum atomic E-state index is 0.0116. The largest absolute Gasteiger partial charge is 0.339 e. The van der Waals surface area contributed by atoms with Gasteiger partial charge in [-0.25, -0.2) is 0 Å². The lowest BCUT2D eigenvalue weighted by Crippen LogP contribution is -2.27. The molecule has 0 spiro atoms. The van der Waals surface area contributed by atoms with E-state index in [0.29, 0.717) is 12.3 Å². The van der Waals surface area contributed by atoms with E-state index < -0.39 is 0 Å². The third kappa shape index (κ3) is 3.74. The van der Waals surface area contributed by atoms with Crippen LogP contribution in [0.5, 0.6) is 0 Å². The zero-order valence-electron chi connectivity index (χ0n) is 15.7. The van der Waals surface area contributed by atoms with Gasteiger partial charge in [-0.2, -0.15) is 0 Å². The summed E-state index contributed by atoms with van der Waals surface area (Å²) in [5, 5.41) is 0. The second-order valence-electron chi connectivity index (χ2n) is 7.35. The Morgan fingerprint density at radius 1 is 1.11 bits per heavy atom. The minimum Gasteiger partial charge on any atom is -0.339 e. The Bertz CT molecular complexity index is 942. The van der Waals surface area contributed by atoms with Crippen LogP contribution in [0.4, 0.5) is 0 Å². The normalized spacial score (nSPS) is 20.4. The zero-order chi connectivity index (χ0) is 19.0. The maximum absolute atomic E-state index is 12.6. The first-order chi connectivity index (χ1) is 13.1. The summed E-state index contributed by atoms with van der Waals surface area (Å²) in [6.45, 7) is 0. The molecule has 1 amide bonds. The summed E-state index contributed by atoms with van der Waals surface area (Å²) in [6.07, 6.45) is 7.78. The monoisotopic (exact) mass is 380 g/mol. The second kappa shape index (κ2) is 7.39. The SMILES string of the molecule is CSc1ccc(/C(=C/[C@H]2CCC(=O)N2C)c2ccc(C3CC3)c(=O)[nH]2)cc1. The number of likely N-dealkylation sites (tertiary alicyclic amines) is 1. The van der Waals surface area contributed by atoms with Crippen molar-refractivity contribution in [3.05, 3.63) is 69.6 Å². The van der Waals surface area contributed by atoms with Crippen LogP contribution in [-0.2, 0) is 4.79 Å². The number of H-pyrrole nitrogens is 1. The smallest absolute Gasteiger partial charge is 0.251 e. The molecule has 1 saturated carbocycles. The second-order valence-corrected chi connectivity index (χ2v) is 8.23. The summed E-state index contributed by atoms with van der Waals surface area (Å²) < 4.78 is 0. The summed E-state index contributed by atoms with van der Waals surface area (Å²) in [4.78, 5) is 30.6. The summed E-state index contributed by atoms with van der Waals surface area (Å²) in [7, 11) is 1.85. The Kier molecular flexibility index (Phi) is 4.96. The van der Waals surface area contributed by atoms with Crippen molar-refractivity contribution in [2.45, 2.75) is 42.5 Å². The van der Waals surface area contributed by atoms with Gasteiger partial charge in [-0.05, 0) is 55.2 Å². The van der Waals surface area contributed by atoms with E-state index in [1.807, 2.05) is 19.2 Å². The van der Waals surface area contributed by atoms with Gasteiger partial charge in [-0.1, -0.05) is 24.3 Å². The standard InChI is InChI=1S/C22H24N2O2S/c1-24-16(7-12-21(24)25)13-19(15-5-8-17(27-2)9-6-15)20-11-10-18(14-3-4-14)22(26)23-20/h5-6,8-11,13-14,16H,3-4,7,12H2,1-2H3,(H,23,26)/b19-13-/t16-/m1/s1. The molecule has 1 aliphatic carbocycles. The first kappa shape index (κ1) is 18.1. The van der Waals surface area contributed by atoms with E-state index in [1.54, 1.807) is 16.7 Å². The molecule has 1 saturated heterocycles. The average molecular weight is 381 g/mol. The van der Waals surface area contributed by atoms with Crippen molar-refractivity contribution >= 4 is 23.2 Å². The van der Waals surface area contributed by atoms with Crippen LogP contribution in [0.2, 0.25) is 0 Å². The lowest BCUT2D eigenvalue weighted by Gasteiger charge is -2.19. The first-order valence-electron chi connectivity index (χ1n) is 9.42. The molecule has 0 unspecified atom stereocenters. The number of hydrogen-bond donors (Lipinski definition) is 1. The molecular formula is C22H24N2O2S. The highest BCUT2D eigenvalue weighted by molar-refractivity contribution is 7.98. The van der Waals surface area contributed by atoms with Gasteiger partial charge in [-0.3, -0.25) is 9.59 Å². The Balaban J connectivity index is 1.76. The van der Waals surface area contributed by atoms with Crippen LogP contribution in [-0.4, -0.2) is 35.1 Å². The predicted molar refractivity (Wildman–Crippen MR) is 110 cm³/mol. The highest BCUT2D eigenvalue weighted by atomic mass is 32.2. The van der Waals surface area contributed by atoms with Crippen molar-refractivity contribution in [3.8, 4) is 0 Å². The number of benzene rings is 1. The van der Waals surface area contributed by atoms with Gasteiger partial charge in [-0.15, -0.1) is 11.8 Å². The van der Waals surface area contributed by atoms with Crippen LogP contribution in [0.25, 0.3) is 5.57 Å². The van der Waals surface area contributed by atoms with Gasteiger partial charge in [0.1, 0.15) is 0 Å². The molecule has 1 N–H and O–H groups in total. The number of nitrogens with zero attached hydrogens (tertiary/aromatic N) is 1. The molecule has 4 rings (SSSR count). The third-order valence-electron chi connectivity index (χ3n) is 5.55. The number of aromatic amines is 1. The molecule has 4 nitrogen and oxygen atoms in total. The topological polar surface area (TPSA) is 53.2 Å². The lowest BCUT2D eigenvalue weighted by atomic mass is 9.98. The highest BCUT2D eigenvalue weighted by Gasteiger charge is 2.28. The van der Waals surface area contributed by atoms with E-state index in [0.717, 1.165) is 41.7 Å². The van der Waals surface area contributed by atoms with Gasteiger partial charge in [0, 0.05) is 35.2 Å². The summed E-state index contributed by atoms with van der Waals surface area (Å²) in [6, 6.07) is 12.4. The first-order valence-corrected chi connectivity index (χ1v) is 10.6. The number of carbonyl (C=O) groups is 1. The molecule has 5 heteroatoms. The fourth-order valence-electron chi connectivity index (χ4n) is 3.68. The molecule has 2 aliphatic rings. The number of thioether (sulfide) groups is 1. The van der Waals surface area contributed by atoms with E-state index in [4.69, 9.17) is 0 Å². The molecule has 2 heterocycles. The summed E-state index contributed by atoms with van der Waals surface area (Å²) in [5.74, 6) is 0.598. The van der Waals surface area contributed by atoms with Gasteiger partial charge < -0.3 is 9.88 Å². The molecular weight excluding hydrogens is 356 g/mol. The average Bonchev–Trinajstić information content (AvgIpc) is 3.47. The number of rotatable bonds is 5. The Morgan fingerprint density at radius 2 is 1.85 bits per heavy atom. The number of likely N-dealkylation sites (N-methyl/N-ethyl adjacent to an activating group) is 1. The van der Waals surface area contributed by atoms with Crippen molar-refractivity contribution in [3.63, 3.8) is 0 Å². The van der Waals surface area contributed by atoms with Crippen molar-refractivity contribution in [2.75, 3.05) is 13.3 Å². The molecule has 140 valence electrons. The van der Waals surface area contributed by atoms with Crippen molar-refractivity contribution < 1.29 is 4.79 Å². The Morgan fingerprint density at radius 3 is 2.41 bits per heavy atom. The fourth-order valence-corrected chi connectivity index (χ4v) is 4.09. The number of nitrogens with one attached hydrogen (secondary N) is 1. The van der Waals surface area contributed by atoms with Gasteiger partial charge >= 0.3 is 0 Å². The zero-order valence-corrected chi connectivity index (χ0v) is 16.5. The van der Waals surface area contributed by atoms with Crippen LogP contribution in [0.15, 0.2) is 52.2 Å². The quantitative estimate of drug-likeness (QED) is 0.797. The summed E-state index contributed by atoms with van der Waals surface area (Å²) in [5.41, 5.74) is 3.75. The molecule has 27 heavy (non-hydrogen) atoms. The van der Waals surface area contributed by atoms with Gasteiger partial charge in [0.15, 0.2) is 0 Å². The van der Waals surface area contributed by atoms with Gasteiger partial charge in [0.05, 0.1) is 6.04 Å². The maximum atomic E-state index is 12.6. The fraction of sp³-hybridized carbons (Fsp3) is 0.364. The number of hydrogen-bond acceptors (Lipinski definition) is 3. The third-order valence-corrected chi connectivity index (χ3v) is 6.30. The van der Waals surface area contributed by atoms with Crippen LogP contribution in [0.1, 0.15) is 48.4 Å². The number of pyridine rings is 1. The van der Waals surface area contributed by atoms with Crippen LogP contribution in [0.3, 0.4) is 0 Å². The predicted octanol–water partition coefficient (Wildman–Crippen LogP) is 4.03. The van der Waals surface area contributed by atoms with Crippen LogP contribution < -0.4 is 5.56 Å². The van der Waals surface area contributed by atoms with E-state index in [9.17, 15) is 9.59 Å². The van der Waals surface area contributed by atoms with E-state index in [1.165, 1.54) is 4.90 Å². The maximum Gasteiger partial charge on any atom is 0.251 e. The molecule has 0 bridgehead atoms. The molecule has 2 aromatic rings. The molecule has 1 aromatic carbocycles. The van der Waals surface area contributed by atoms with Crippen molar-refractivity contribution in [2.24, 2.45) is 0 Å². The molecule has 1 atom stereocenters. The lowest BCUT2D eigenvalue weighted by molar-refractivity contribution is -0.127. The molecule has 1 aromatic heterocycles. The Hall–Kier alpha value is -2.27. The minimum absolute atomic E-state index is 0.0116. The van der Waals surface area contributed by atoms with E-state index in [2.05, 4.69) is 41.6 Å².